The van der Waals surface area contributed by atoms with E-state index in [1.807, 2.05) is 6.92 Å². The van der Waals surface area contributed by atoms with Crippen LogP contribution in [0.2, 0.25) is 0 Å². The van der Waals surface area contributed by atoms with Crippen molar-refractivity contribution in [3.63, 3.8) is 0 Å². The highest BCUT2D eigenvalue weighted by Crippen LogP contribution is 2.33. The first-order valence-corrected chi connectivity index (χ1v) is 3.46. The number of ketones is 1. The van der Waals surface area contributed by atoms with Gasteiger partial charge in [-0.25, -0.2) is 0 Å². The fraction of sp³-hybridized carbons (Fsp3) is 0.857. The second-order valence-corrected chi connectivity index (χ2v) is 2.66. The maximum absolute atomic E-state index is 10.8. The monoisotopic (exact) mass is 144 g/mol. The van der Waals surface area contributed by atoms with Crippen LogP contribution in [0.15, 0.2) is 0 Å². The first-order valence-electron chi connectivity index (χ1n) is 3.46. The molecule has 3 nitrogen and oxygen atoms in total. The van der Waals surface area contributed by atoms with Gasteiger partial charge in [-0.1, -0.05) is 6.92 Å². The molecule has 1 saturated heterocycles. The number of carbonyl (C=O) groups is 1. The van der Waals surface area contributed by atoms with Crippen molar-refractivity contribution >= 4 is 5.78 Å². The SMILES string of the molecule is CC[C@H](O)[C@@]1(C(C)=O)CO1. The molecule has 1 fully saturated rings. The Morgan fingerprint density at radius 2 is 2.40 bits per heavy atom. The molecule has 0 saturated carbocycles. The van der Waals surface area contributed by atoms with Gasteiger partial charge in [-0.05, 0) is 13.3 Å². The van der Waals surface area contributed by atoms with Crippen LogP contribution >= 0.6 is 0 Å². The van der Waals surface area contributed by atoms with Crippen LogP contribution in [-0.2, 0) is 9.53 Å². The highest BCUT2D eigenvalue weighted by atomic mass is 16.6. The molecular formula is C7H12O3. The standard InChI is InChI=1S/C7H12O3/c1-3-6(9)7(4-10-7)5(2)8/h6,9H,3-4H2,1-2H3/t6-,7-/m0/s1. The molecule has 0 radical (unpaired) electrons. The molecular weight excluding hydrogens is 132 g/mol. The number of rotatable bonds is 3. The summed E-state index contributed by atoms with van der Waals surface area (Å²) in [6, 6.07) is 0. The Balaban J connectivity index is 2.60. The fourth-order valence-corrected chi connectivity index (χ4v) is 1.04. The van der Waals surface area contributed by atoms with Crippen LogP contribution in [0, 0.1) is 0 Å². The van der Waals surface area contributed by atoms with E-state index in [-0.39, 0.29) is 5.78 Å². The van der Waals surface area contributed by atoms with Gasteiger partial charge in [0.2, 0.25) is 0 Å². The lowest BCUT2D eigenvalue weighted by atomic mass is 9.97. The molecule has 1 aliphatic rings. The van der Waals surface area contributed by atoms with E-state index in [9.17, 15) is 9.90 Å². The van der Waals surface area contributed by atoms with E-state index in [0.717, 1.165) is 0 Å². The maximum Gasteiger partial charge on any atom is 0.175 e. The number of aliphatic hydroxyl groups excluding tert-OH is 1. The van der Waals surface area contributed by atoms with Gasteiger partial charge in [0.15, 0.2) is 11.4 Å². The zero-order valence-corrected chi connectivity index (χ0v) is 6.26. The summed E-state index contributed by atoms with van der Waals surface area (Å²) in [6.45, 7) is 3.67. The molecule has 3 heteroatoms. The summed E-state index contributed by atoms with van der Waals surface area (Å²) in [6.07, 6.45) is -0.0513. The van der Waals surface area contributed by atoms with Crippen molar-refractivity contribution in [1.29, 1.82) is 0 Å². The maximum atomic E-state index is 10.8. The summed E-state index contributed by atoms with van der Waals surface area (Å²) in [5, 5.41) is 9.27. The average molecular weight is 144 g/mol. The number of hydrogen-bond donors (Lipinski definition) is 1. The van der Waals surface area contributed by atoms with Gasteiger partial charge < -0.3 is 9.84 Å². The van der Waals surface area contributed by atoms with E-state index in [2.05, 4.69) is 0 Å². The Bertz CT molecular complexity index is 149. The van der Waals surface area contributed by atoms with Crippen molar-refractivity contribution in [1.82, 2.24) is 0 Å². The summed E-state index contributed by atoms with van der Waals surface area (Å²) >= 11 is 0. The molecule has 0 amide bonds. The smallest absolute Gasteiger partial charge is 0.175 e. The zero-order chi connectivity index (χ0) is 7.78. The molecule has 0 aromatic rings. The van der Waals surface area contributed by atoms with Gasteiger partial charge in [0.1, 0.15) is 0 Å². The van der Waals surface area contributed by atoms with Crippen molar-refractivity contribution in [3.8, 4) is 0 Å². The molecule has 1 heterocycles. The summed E-state index contributed by atoms with van der Waals surface area (Å²) < 4.78 is 4.91. The largest absolute Gasteiger partial charge is 0.390 e. The average Bonchev–Trinajstić information content (AvgIpc) is 2.65. The lowest BCUT2D eigenvalue weighted by Gasteiger charge is -2.13. The van der Waals surface area contributed by atoms with E-state index in [1.165, 1.54) is 6.92 Å². The Morgan fingerprint density at radius 3 is 2.50 bits per heavy atom. The van der Waals surface area contributed by atoms with Gasteiger partial charge in [0, 0.05) is 0 Å². The highest BCUT2D eigenvalue weighted by Gasteiger charge is 2.54. The number of carbonyl (C=O) groups excluding carboxylic acids is 1. The van der Waals surface area contributed by atoms with Gasteiger partial charge >= 0.3 is 0 Å². The first kappa shape index (κ1) is 7.69. The topological polar surface area (TPSA) is 49.8 Å². The van der Waals surface area contributed by atoms with Crippen LogP contribution in [0.4, 0.5) is 0 Å². The molecule has 1 rings (SSSR count). The second kappa shape index (κ2) is 2.32. The van der Waals surface area contributed by atoms with E-state index >= 15 is 0 Å². The van der Waals surface area contributed by atoms with Crippen LogP contribution in [0.1, 0.15) is 20.3 Å². The Hall–Kier alpha value is -0.410. The third-order valence-electron chi connectivity index (χ3n) is 1.98. The van der Waals surface area contributed by atoms with Crippen LogP contribution in [0.25, 0.3) is 0 Å². The Kier molecular flexibility index (Phi) is 1.79. The molecule has 0 aliphatic carbocycles. The molecule has 0 bridgehead atoms. The molecule has 2 atom stereocenters. The van der Waals surface area contributed by atoms with Crippen LogP contribution in [-0.4, -0.2) is 29.2 Å². The van der Waals surface area contributed by atoms with Gasteiger partial charge in [-0.3, -0.25) is 4.79 Å². The summed E-state index contributed by atoms with van der Waals surface area (Å²) in [7, 11) is 0. The minimum atomic E-state index is -0.825. The van der Waals surface area contributed by atoms with Crippen molar-refractivity contribution in [2.45, 2.75) is 32.0 Å². The van der Waals surface area contributed by atoms with E-state index in [1.54, 1.807) is 0 Å². The zero-order valence-electron chi connectivity index (χ0n) is 6.26. The van der Waals surface area contributed by atoms with Crippen molar-refractivity contribution in [3.05, 3.63) is 0 Å². The quantitative estimate of drug-likeness (QED) is 0.572. The van der Waals surface area contributed by atoms with Gasteiger partial charge in [0.05, 0.1) is 12.7 Å². The Morgan fingerprint density at radius 1 is 1.90 bits per heavy atom. The van der Waals surface area contributed by atoms with Gasteiger partial charge in [-0.15, -0.1) is 0 Å². The summed E-state index contributed by atoms with van der Waals surface area (Å²) in [5.74, 6) is -0.0677. The van der Waals surface area contributed by atoms with Gasteiger partial charge in [-0.2, -0.15) is 0 Å². The number of ether oxygens (including phenoxy) is 1. The number of hydrogen-bond acceptors (Lipinski definition) is 3. The third-order valence-corrected chi connectivity index (χ3v) is 1.98. The first-order chi connectivity index (χ1) is 4.63. The predicted molar refractivity (Wildman–Crippen MR) is 35.7 cm³/mol. The van der Waals surface area contributed by atoms with Gasteiger partial charge in [0.25, 0.3) is 0 Å². The Labute approximate surface area is 60.0 Å². The highest BCUT2D eigenvalue weighted by molar-refractivity contribution is 5.88. The molecule has 1 aliphatic heterocycles. The molecule has 0 aromatic heterocycles. The normalized spacial score (nSPS) is 33.5. The molecule has 0 unspecified atom stereocenters. The minimum Gasteiger partial charge on any atom is -0.390 e. The predicted octanol–water partition coefficient (Wildman–Crippen LogP) is 0.115. The molecule has 0 spiro atoms. The lowest BCUT2D eigenvalue weighted by molar-refractivity contribution is -0.126. The summed E-state index contributed by atoms with van der Waals surface area (Å²) in [4.78, 5) is 10.8. The lowest BCUT2D eigenvalue weighted by Crippen LogP contribution is -2.35. The molecule has 10 heavy (non-hydrogen) atoms. The molecule has 1 N–H and O–H groups in total. The number of epoxide rings is 1. The minimum absolute atomic E-state index is 0.0677. The molecule has 58 valence electrons. The second-order valence-electron chi connectivity index (χ2n) is 2.66. The summed E-state index contributed by atoms with van der Waals surface area (Å²) in [5.41, 5.74) is -0.825. The van der Waals surface area contributed by atoms with Crippen molar-refractivity contribution in [2.24, 2.45) is 0 Å². The fourth-order valence-electron chi connectivity index (χ4n) is 1.04. The van der Waals surface area contributed by atoms with Crippen molar-refractivity contribution in [2.75, 3.05) is 6.61 Å². The number of aliphatic hydroxyl groups is 1. The van der Waals surface area contributed by atoms with E-state index < -0.39 is 11.7 Å². The van der Waals surface area contributed by atoms with E-state index in [4.69, 9.17) is 4.74 Å². The van der Waals surface area contributed by atoms with Crippen LogP contribution < -0.4 is 0 Å². The number of Topliss-reactive ketones (excluding diaryl/α,β-unsaturated/α-hetero) is 1. The third kappa shape index (κ3) is 0.954. The molecule has 0 aromatic carbocycles. The van der Waals surface area contributed by atoms with Crippen molar-refractivity contribution < 1.29 is 14.6 Å². The van der Waals surface area contributed by atoms with Crippen LogP contribution in [0.5, 0.6) is 0 Å². The van der Waals surface area contributed by atoms with E-state index in [0.29, 0.717) is 13.0 Å². The van der Waals surface area contributed by atoms with Crippen LogP contribution in [0.3, 0.4) is 0 Å².